The summed E-state index contributed by atoms with van der Waals surface area (Å²) in [6.07, 6.45) is 40.4. The Labute approximate surface area is 338 Å². The highest BCUT2D eigenvalue weighted by Crippen LogP contribution is 2.43. The van der Waals surface area contributed by atoms with Crippen LogP contribution in [-0.4, -0.2) is 76.9 Å². The maximum atomic E-state index is 12.6. The Morgan fingerprint density at radius 2 is 1.18 bits per heavy atom. The van der Waals surface area contributed by atoms with Crippen LogP contribution < -0.4 is 0 Å². The molecule has 4 N–H and O–H groups in total. The molecular formula is C44H75O11P. The Kier molecular flexibility index (Phi) is 37.4. The summed E-state index contributed by atoms with van der Waals surface area (Å²) in [5.41, 5.74) is 0. The minimum absolute atomic E-state index is 0.0514. The van der Waals surface area contributed by atoms with Crippen LogP contribution in [0.3, 0.4) is 0 Å². The van der Waals surface area contributed by atoms with Gasteiger partial charge in [0.2, 0.25) is 0 Å². The van der Waals surface area contributed by atoms with Gasteiger partial charge >= 0.3 is 19.8 Å². The SMILES string of the molecule is CC/C=C\C/C=C\C/C=C\C/C=C\C=C\C(O)CCCC(=O)OC(COC(=O)CCCCCCC/C=C\CCCCCCCC)COP(=O)(O)OCC(O)CO. The number of carbonyl (C=O) groups is 2. The molecule has 12 heteroatoms. The first-order valence-corrected chi connectivity index (χ1v) is 22.5. The van der Waals surface area contributed by atoms with E-state index >= 15 is 0 Å². The Morgan fingerprint density at radius 3 is 1.80 bits per heavy atom. The molecule has 0 aliphatic heterocycles. The number of allylic oxidation sites excluding steroid dienone is 11. The minimum Gasteiger partial charge on any atom is -0.462 e. The van der Waals surface area contributed by atoms with Gasteiger partial charge < -0.3 is 29.7 Å². The van der Waals surface area contributed by atoms with Crippen LogP contribution in [0.5, 0.6) is 0 Å². The summed E-state index contributed by atoms with van der Waals surface area (Å²) in [6.45, 7) is 2.00. The van der Waals surface area contributed by atoms with Gasteiger partial charge in [0.05, 0.1) is 25.9 Å². The van der Waals surface area contributed by atoms with E-state index in [4.69, 9.17) is 19.1 Å². The van der Waals surface area contributed by atoms with Crippen molar-refractivity contribution in [3.05, 3.63) is 72.9 Å². The molecule has 0 aliphatic carbocycles. The Balaban J connectivity index is 4.55. The van der Waals surface area contributed by atoms with Gasteiger partial charge in [-0.1, -0.05) is 138 Å². The van der Waals surface area contributed by atoms with Crippen molar-refractivity contribution in [2.75, 3.05) is 26.4 Å². The summed E-state index contributed by atoms with van der Waals surface area (Å²) >= 11 is 0. The Bertz CT molecular complexity index is 1180. The fourth-order valence-corrected chi connectivity index (χ4v) is 5.98. The highest BCUT2D eigenvalue weighted by Gasteiger charge is 2.27. The number of hydrogen-bond acceptors (Lipinski definition) is 10. The number of phosphoric acid groups is 1. The lowest BCUT2D eigenvalue weighted by Gasteiger charge is -2.20. The van der Waals surface area contributed by atoms with Crippen molar-refractivity contribution in [1.82, 2.24) is 0 Å². The summed E-state index contributed by atoms with van der Waals surface area (Å²) in [4.78, 5) is 35.0. The van der Waals surface area contributed by atoms with Gasteiger partial charge in [-0.25, -0.2) is 4.57 Å². The quantitative estimate of drug-likeness (QED) is 0.0154. The predicted octanol–water partition coefficient (Wildman–Crippen LogP) is 9.86. The number of esters is 2. The predicted molar refractivity (Wildman–Crippen MR) is 225 cm³/mol. The summed E-state index contributed by atoms with van der Waals surface area (Å²) in [6, 6.07) is 0. The Hall–Kier alpha value is -2.63. The molecule has 0 amide bonds. The largest absolute Gasteiger partial charge is 0.472 e. The van der Waals surface area contributed by atoms with E-state index in [1.165, 1.54) is 38.5 Å². The standard InChI is InChI=1S/C44H75O11P/c1-3-5-7-9-11-13-15-17-18-20-22-24-26-28-30-34-43(48)52-38-42(39-54-56(50,51)53-37-41(47)36-45)55-44(49)35-31-33-40(46)32-29-27-25-23-21-19-16-14-12-10-8-6-4-2/h6,8,12,14,17-19,21,25,27,29,32,40-42,45-47H,3-5,7,9-11,13,15-16,20,22-24,26,28,30-31,33-39H2,1-2H3,(H,50,51)/b8-6-,14-12-,18-17-,21-19-,27-25-,32-29+. The fourth-order valence-electron chi connectivity index (χ4n) is 5.19. The van der Waals surface area contributed by atoms with Crippen molar-refractivity contribution < 1.29 is 52.9 Å². The highest BCUT2D eigenvalue weighted by atomic mass is 31.2. The molecule has 0 saturated heterocycles. The molecule has 0 radical (unpaired) electrons. The third-order valence-electron chi connectivity index (χ3n) is 8.45. The van der Waals surface area contributed by atoms with Gasteiger partial charge in [0.25, 0.3) is 0 Å². The van der Waals surface area contributed by atoms with Gasteiger partial charge in [-0.2, -0.15) is 0 Å². The number of carbonyl (C=O) groups excluding carboxylic acids is 2. The van der Waals surface area contributed by atoms with Crippen molar-refractivity contribution in [3.8, 4) is 0 Å². The fraction of sp³-hybridized carbons (Fsp3) is 0.682. The first-order chi connectivity index (χ1) is 27.1. The molecule has 0 aromatic carbocycles. The van der Waals surface area contributed by atoms with Crippen LogP contribution in [0.4, 0.5) is 0 Å². The molecular weight excluding hydrogens is 735 g/mol. The molecule has 4 unspecified atom stereocenters. The molecule has 0 heterocycles. The van der Waals surface area contributed by atoms with E-state index in [0.717, 1.165) is 64.2 Å². The zero-order valence-electron chi connectivity index (χ0n) is 34.4. The molecule has 0 aromatic rings. The van der Waals surface area contributed by atoms with Gasteiger partial charge in [0.1, 0.15) is 12.7 Å². The van der Waals surface area contributed by atoms with Crippen molar-refractivity contribution in [3.63, 3.8) is 0 Å². The molecule has 0 bridgehead atoms. The lowest BCUT2D eigenvalue weighted by molar-refractivity contribution is -0.161. The maximum absolute atomic E-state index is 12.6. The average molecular weight is 811 g/mol. The molecule has 0 spiro atoms. The highest BCUT2D eigenvalue weighted by molar-refractivity contribution is 7.47. The van der Waals surface area contributed by atoms with E-state index in [0.29, 0.717) is 19.3 Å². The second-order valence-corrected chi connectivity index (χ2v) is 15.3. The first kappa shape index (κ1) is 53.4. The summed E-state index contributed by atoms with van der Waals surface area (Å²) in [7, 11) is -4.68. The van der Waals surface area contributed by atoms with E-state index in [1.807, 2.05) is 12.2 Å². The van der Waals surface area contributed by atoms with Crippen LogP contribution in [0.25, 0.3) is 0 Å². The van der Waals surface area contributed by atoms with Crippen LogP contribution >= 0.6 is 7.82 Å². The molecule has 0 saturated carbocycles. The molecule has 0 rings (SSSR count). The third-order valence-corrected chi connectivity index (χ3v) is 9.40. The molecule has 0 aliphatic rings. The average Bonchev–Trinajstić information content (AvgIpc) is 3.18. The van der Waals surface area contributed by atoms with Gasteiger partial charge in [-0.05, 0) is 70.6 Å². The minimum atomic E-state index is -4.68. The van der Waals surface area contributed by atoms with E-state index in [2.05, 4.69) is 67.0 Å². The van der Waals surface area contributed by atoms with Crippen molar-refractivity contribution in [2.45, 2.75) is 167 Å². The number of aliphatic hydroxyl groups is 3. The van der Waals surface area contributed by atoms with Crippen LogP contribution in [-0.2, 0) is 32.7 Å². The van der Waals surface area contributed by atoms with E-state index < -0.39 is 64.5 Å². The molecule has 0 fully saturated rings. The molecule has 0 aromatic heterocycles. The number of unbranched alkanes of at least 4 members (excludes halogenated alkanes) is 11. The second-order valence-electron chi connectivity index (χ2n) is 13.8. The maximum Gasteiger partial charge on any atom is 0.472 e. The number of rotatable bonds is 38. The summed E-state index contributed by atoms with van der Waals surface area (Å²) in [5, 5.41) is 28.6. The van der Waals surface area contributed by atoms with E-state index in [-0.39, 0.29) is 12.8 Å². The number of phosphoric ester groups is 1. The van der Waals surface area contributed by atoms with Crippen LogP contribution in [0.1, 0.15) is 149 Å². The first-order valence-electron chi connectivity index (χ1n) is 21.0. The normalized spacial score (nSPS) is 15.2. The zero-order chi connectivity index (χ0) is 41.4. The zero-order valence-corrected chi connectivity index (χ0v) is 35.3. The summed E-state index contributed by atoms with van der Waals surface area (Å²) < 4.78 is 32.5. The van der Waals surface area contributed by atoms with E-state index in [9.17, 15) is 29.3 Å². The second kappa shape index (κ2) is 39.2. The number of aliphatic hydroxyl groups excluding tert-OH is 3. The lowest BCUT2D eigenvalue weighted by Crippen LogP contribution is -2.30. The van der Waals surface area contributed by atoms with Crippen molar-refractivity contribution in [1.29, 1.82) is 0 Å². The van der Waals surface area contributed by atoms with Gasteiger partial charge in [-0.15, -0.1) is 0 Å². The number of ether oxygens (including phenoxy) is 2. The van der Waals surface area contributed by atoms with Crippen molar-refractivity contribution >= 4 is 19.8 Å². The van der Waals surface area contributed by atoms with E-state index in [1.54, 1.807) is 12.2 Å². The molecule has 56 heavy (non-hydrogen) atoms. The topological polar surface area (TPSA) is 169 Å². The number of hydrogen-bond donors (Lipinski definition) is 4. The Morgan fingerprint density at radius 1 is 0.625 bits per heavy atom. The molecule has 322 valence electrons. The third kappa shape index (κ3) is 38.3. The molecule has 11 nitrogen and oxygen atoms in total. The van der Waals surface area contributed by atoms with Crippen molar-refractivity contribution in [2.24, 2.45) is 0 Å². The summed E-state index contributed by atoms with van der Waals surface area (Å²) in [5.74, 6) is -1.15. The monoisotopic (exact) mass is 811 g/mol. The lowest BCUT2D eigenvalue weighted by atomic mass is 10.1. The van der Waals surface area contributed by atoms with Crippen LogP contribution in [0.2, 0.25) is 0 Å². The molecule has 4 atom stereocenters. The van der Waals surface area contributed by atoms with Crippen LogP contribution in [0, 0.1) is 0 Å². The van der Waals surface area contributed by atoms with Crippen LogP contribution in [0.15, 0.2) is 72.9 Å². The van der Waals surface area contributed by atoms with Gasteiger partial charge in [0.15, 0.2) is 6.10 Å². The van der Waals surface area contributed by atoms with Gasteiger partial charge in [-0.3, -0.25) is 18.6 Å². The van der Waals surface area contributed by atoms with Gasteiger partial charge in [0, 0.05) is 12.8 Å². The smallest absolute Gasteiger partial charge is 0.462 e.